The molecule has 1 heterocycles. The molecule has 0 saturated carbocycles. The van der Waals surface area contributed by atoms with Gasteiger partial charge in [-0.1, -0.05) is 18.2 Å². The van der Waals surface area contributed by atoms with Crippen molar-refractivity contribution in [1.82, 2.24) is 4.98 Å². The van der Waals surface area contributed by atoms with Crippen LogP contribution in [-0.4, -0.2) is 16.1 Å². The molecule has 1 aromatic heterocycles. The highest BCUT2D eigenvalue weighted by atomic mass is 127. The SMILES string of the molecule is N#Cc1ccccc1COc1c(I)cc(I)cc1/C=N\Nc1ncccc1[N+](=O)[O-]. The molecule has 0 spiro atoms. The summed E-state index contributed by atoms with van der Waals surface area (Å²) in [5.74, 6) is 0.648. The van der Waals surface area contributed by atoms with E-state index in [1.807, 2.05) is 24.3 Å². The van der Waals surface area contributed by atoms with Crippen LogP contribution in [0.25, 0.3) is 0 Å². The van der Waals surface area contributed by atoms with Crippen molar-refractivity contribution in [2.75, 3.05) is 5.43 Å². The standard InChI is InChI=1S/C20H13I2N5O3/c21-16-8-15(11-25-26-20-18(27(28)29)6-3-7-24-20)19(17(22)9-16)30-12-14-5-2-1-4-13(14)10-23/h1-9,11H,12H2,(H,24,26)/b25-11-. The third-order valence-corrected chi connectivity index (χ3v) is 5.33. The molecule has 1 N–H and O–H groups in total. The van der Waals surface area contributed by atoms with Gasteiger partial charge in [0.1, 0.15) is 12.4 Å². The summed E-state index contributed by atoms with van der Waals surface area (Å²) in [5.41, 5.74) is 4.46. The van der Waals surface area contributed by atoms with Crippen molar-refractivity contribution < 1.29 is 9.66 Å². The number of nitrogens with zero attached hydrogens (tertiary/aromatic N) is 4. The lowest BCUT2D eigenvalue weighted by molar-refractivity contribution is -0.384. The van der Waals surface area contributed by atoms with Crippen molar-refractivity contribution in [3.8, 4) is 11.8 Å². The van der Waals surface area contributed by atoms with E-state index in [-0.39, 0.29) is 18.1 Å². The van der Waals surface area contributed by atoms with Crippen LogP contribution < -0.4 is 10.2 Å². The Morgan fingerprint density at radius 1 is 1.27 bits per heavy atom. The highest BCUT2D eigenvalue weighted by Gasteiger charge is 2.14. The number of hydrazone groups is 1. The molecule has 0 radical (unpaired) electrons. The Labute approximate surface area is 199 Å². The van der Waals surface area contributed by atoms with Crippen molar-refractivity contribution in [2.24, 2.45) is 5.10 Å². The number of hydrogen-bond acceptors (Lipinski definition) is 7. The van der Waals surface area contributed by atoms with Gasteiger partial charge in [0, 0.05) is 27.0 Å². The maximum absolute atomic E-state index is 11.1. The van der Waals surface area contributed by atoms with Crippen LogP contribution in [0.4, 0.5) is 11.5 Å². The van der Waals surface area contributed by atoms with Crippen LogP contribution in [0.3, 0.4) is 0 Å². The second-order valence-electron chi connectivity index (χ2n) is 5.86. The van der Waals surface area contributed by atoms with E-state index < -0.39 is 4.92 Å². The summed E-state index contributed by atoms with van der Waals surface area (Å²) in [6, 6.07) is 16.1. The van der Waals surface area contributed by atoms with E-state index in [0.29, 0.717) is 16.9 Å². The number of nitro groups is 1. The second kappa shape index (κ2) is 10.3. The van der Waals surface area contributed by atoms with E-state index in [1.165, 1.54) is 24.5 Å². The first-order valence-corrected chi connectivity index (χ1v) is 10.6. The van der Waals surface area contributed by atoms with Gasteiger partial charge < -0.3 is 4.74 Å². The summed E-state index contributed by atoms with van der Waals surface area (Å²) in [6.07, 6.45) is 2.97. The van der Waals surface area contributed by atoms with Gasteiger partial charge in [-0.25, -0.2) is 4.98 Å². The van der Waals surface area contributed by atoms with E-state index in [2.05, 4.69) is 66.8 Å². The normalized spacial score (nSPS) is 10.6. The minimum Gasteiger partial charge on any atom is -0.487 e. The average Bonchev–Trinajstić information content (AvgIpc) is 2.73. The van der Waals surface area contributed by atoms with Gasteiger partial charge in [-0.3, -0.25) is 15.5 Å². The average molecular weight is 625 g/mol. The molecule has 2 aromatic carbocycles. The highest BCUT2D eigenvalue weighted by Crippen LogP contribution is 2.29. The van der Waals surface area contributed by atoms with Crippen LogP contribution in [0.1, 0.15) is 16.7 Å². The number of rotatable bonds is 7. The fraction of sp³-hybridized carbons (Fsp3) is 0.0500. The van der Waals surface area contributed by atoms with E-state index in [9.17, 15) is 15.4 Å². The zero-order chi connectivity index (χ0) is 21.5. The first kappa shape index (κ1) is 21.9. The molecule has 8 nitrogen and oxygen atoms in total. The second-order valence-corrected chi connectivity index (χ2v) is 8.27. The number of pyridine rings is 1. The molecule has 0 atom stereocenters. The largest absolute Gasteiger partial charge is 0.487 e. The predicted molar refractivity (Wildman–Crippen MR) is 129 cm³/mol. The summed E-state index contributed by atoms with van der Waals surface area (Å²) in [5, 5.41) is 24.5. The van der Waals surface area contributed by atoms with Crippen LogP contribution in [0.5, 0.6) is 5.75 Å². The van der Waals surface area contributed by atoms with Gasteiger partial charge in [0.2, 0.25) is 5.82 Å². The van der Waals surface area contributed by atoms with Crippen molar-refractivity contribution in [1.29, 1.82) is 5.26 Å². The molecular weight excluding hydrogens is 612 g/mol. The van der Waals surface area contributed by atoms with Crippen molar-refractivity contribution in [2.45, 2.75) is 6.61 Å². The van der Waals surface area contributed by atoms with Gasteiger partial charge in [0.05, 0.1) is 26.3 Å². The summed E-state index contributed by atoms with van der Waals surface area (Å²) >= 11 is 4.36. The van der Waals surface area contributed by atoms with Crippen LogP contribution in [0, 0.1) is 28.6 Å². The molecule has 0 amide bonds. The third kappa shape index (κ3) is 5.42. The molecule has 0 aliphatic rings. The molecule has 150 valence electrons. The molecule has 3 rings (SSSR count). The maximum atomic E-state index is 11.1. The van der Waals surface area contributed by atoms with Gasteiger partial charge in [-0.05, 0) is 69.4 Å². The smallest absolute Gasteiger partial charge is 0.313 e. The van der Waals surface area contributed by atoms with Crippen molar-refractivity contribution >= 4 is 62.9 Å². The van der Waals surface area contributed by atoms with Gasteiger partial charge in [-0.2, -0.15) is 10.4 Å². The number of nitriles is 1. The Bertz CT molecular complexity index is 1160. The van der Waals surface area contributed by atoms with E-state index in [4.69, 9.17) is 4.74 Å². The Hall–Kier alpha value is -2.79. The third-order valence-electron chi connectivity index (χ3n) is 3.90. The van der Waals surface area contributed by atoms with Gasteiger partial charge in [0.15, 0.2) is 0 Å². The predicted octanol–water partition coefficient (Wildman–Crippen LogP) is 5.10. The minimum atomic E-state index is -0.527. The summed E-state index contributed by atoms with van der Waals surface area (Å²) in [6.45, 7) is 0.223. The van der Waals surface area contributed by atoms with Crippen molar-refractivity contribution in [3.05, 3.63) is 88.7 Å². The number of halogens is 2. The summed E-state index contributed by atoms with van der Waals surface area (Å²) in [7, 11) is 0. The molecule has 0 fully saturated rings. The van der Waals surface area contributed by atoms with Crippen LogP contribution in [0.15, 0.2) is 59.8 Å². The fourth-order valence-electron chi connectivity index (χ4n) is 2.53. The van der Waals surface area contributed by atoms with E-state index in [1.54, 1.807) is 12.1 Å². The lowest BCUT2D eigenvalue weighted by Gasteiger charge is -2.13. The number of aromatic nitrogens is 1. The fourth-order valence-corrected chi connectivity index (χ4v) is 4.57. The summed E-state index contributed by atoms with van der Waals surface area (Å²) < 4.78 is 7.86. The monoisotopic (exact) mass is 625 g/mol. The Morgan fingerprint density at radius 3 is 2.83 bits per heavy atom. The molecule has 0 bridgehead atoms. The molecular formula is C20H13I2N5O3. The maximum Gasteiger partial charge on any atom is 0.313 e. The molecule has 0 saturated heterocycles. The first-order chi connectivity index (χ1) is 14.5. The molecule has 10 heteroatoms. The Balaban J connectivity index is 1.84. The van der Waals surface area contributed by atoms with E-state index >= 15 is 0 Å². The Kier molecular flexibility index (Phi) is 7.52. The lowest BCUT2D eigenvalue weighted by atomic mass is 10.1. The minimum absolute atomic E-state index is 0.0458. The number of anilines is 1. The van der Waals surface area contributed by atoms with Crippen molar-refractivity contribution in [3.63, 3.8) is 0 Å². The molecule has 0 aliphatic heterocycles. The van der Waals surface area contributed by atoms with Crippen LogP contribution in [-0.2, 0) is 6.61 Å². The Morgan fingerprint density at radius 2 is 2.07 bits per heavy atom. The molecule has 0 aliphatic carbocycles. The van der Waals surface area contributed by atoms with Gasteiger partial charge >= 0.3 is 5.69 Å². The first-order valence-electron chi connectivity index (χ1n) is 8.48. The highest BCUT2D eigenvalue weighted by molar-refractivity contribution is 14.1. The summed E-state index contributed by atoms with van der Waals surface area (Å²) in [4.78, 5) is 14.5. The zero-order valence-corrected chi connectivity index (χ0v) is 19.6. The quantitative estimate of drug-likeness (QED) is 0.169. The number of hydrogen-bond donors (Lipinski definition) is 1. The topological polar surface area (TPSA) is 113 Å². The molecule has 3 aromatic rings. The van der Waals surface area contributed by atoms with Crippen LogP contribution >= 0.6 is 45.2 Å². The number of ether oxygens (including phenoxy) is 1. The van der Waals surface area contributed by atoms with Crippen LogP contribution in [0.2, 0.25) is 0 Å². The lowest BCUT2D eigenvalue weighted by Crippen LogP contribution is -2.04. The van der Waals surface area contributed by atoms with E-state index in [0.717, 1.165) is 12.7 Å². The molecule has 30 heavy (non-hydrogen) atoms. The van der Waals surface area contributed by atoms with Gasteiger partial charge in [-0.15, -0.1) is 0 Å². The number of benzene rings is 2. The van der Waals surface area contributed by atoms with Gasteiger partial charge in [0.25, 0.3) is 0 Å². The zero-order valence-electron chi connectivity index (χ0n) is 15.3. The number of nitrogens with one attached hydrogen (secondary N) is 1. The molecule has 0 unspecified atom stereocenters.